The van der Waals surface area contributed by atoms with Crippen LogP contribution in [-0.2, 0) is 16.6 Å². The minimum absolute atomic E-state index is 0.0877. The zero-order valence-corrected chi connectivity index (χ0v) is 18.4. The van der Waals surface area contributed by atoms with Gasteiger partial charge in [0.15, 0.2) is 11.5 Å². The minimum atomic E-state index is -3.90. The van der Waals surface area contributed by atoms with E-state index in [4.69, 9.17) is 25.8 Å². The van der Waals surface area contributed by atoms with Gasteiger partial charge in [0.2, 0.25) is 0 Å². The summed E-state index contributed by atoms with van der Waals surface area (Å²) in [6.07, 6.45) is 0. The molecule has 0 aliphatic carbocycles. The number of ether oxygens (including phenoxy) is 3. The highest BCUT2D eigenvalue weighted by Crippen LogP contribution is 2.35. The van der Waals surface area contributed by atoms with Crippen molar-refractivity contribution in [2.24, 2.45) is 0 Å². The van der Waals surface area contributed by atoms with Gasteiger partial charge in [-0.1, -0.05) is 23.7 Å². The minimum Gasteiger partial charge on any atom is -0.497 e. The van der Waals surface area contributed by atoms with Crippen molar-refractivity contribution in [3.63, 3.8) is 0 Å². The van der Waals surface area contributed by atoms with Gasteiger partial charge in [-0.25, -0.2) is 8.42 Å². The number of anilines is 1. The maximum Gasteiger partial charge on any atom is 0.264 e. The number of methoxy groups -OCH3 is 3. The summed E-state index contributed by atoms with van der Waals surface area (Å²) in [5, 5.41) is 0.529. The second-order valence-electron chi connectivity index (χ2n) is 6.36. The Labute approximate surface area is 181 Å². The van der Waals surface area contributed by atoms with Crippen molar-refractivity contribution in [3.8, 4) is 17.2 Å². The van der Waals surface area contributed by atoms with Gasteiger partial charge in [-0.2, -0.15) is 0 Å². The predicted molar refractivity (Wildman–Crippen MR) is 117 cm³/mol. The summed E-state index contributed by atoms with van der Waals surface area (Å²) in [5.41, 5.74) is 1.18. The largest absolute Gasteiger partial charge is 0.497 e. The van der Waals surface area contributed by atoms with Crippen molar-refractivity contribution >= 4 is 27.3 Å². The SMILES string of the molecule is COc1ccc(S(=O)(=O)N(Cc2cccc(Cl)c2)c2ccc(OC)c(OC)c2)cc1. The number of rotatable bonds is 8. The Morgan fingerprint density at radius 3 is 2.13 bits per heavy atom. The first-order valence-electron chi connectivity index (χ1n) is 9.02. The van der Waals surface area contributed by atoms with E-state index in [9.17, 15) is 8.42 Å². The summed E-state index contributed by atoms with van der Waals surface area (Å²) >= 11 is 6.11. The predicted octanol–water partition coefficient (Wildman–Crippen LogP) is 4.76. The molecule has 3 rings (SSSR count). The molecule has 0 atom stereocenters. The molecule has 30 heavy (non-hydrogen) atoms. The van der Waals surface area contributed by atoms with E-state index in [1.165, 1.54) is 37.8 Å². The molecule has 0 aromatic heterocycles. The van der Waals surface area contributed by atoms with Crippen molar-refractivity contribution < 1.29 is 22.6 Å². The Kier molecular flexibility index (Phi) is 6.74. The fraction of sp³-hybridized carbons (Fsp3) is 0.182. The summed E-state index contributed by atoms with van der Waals surface area (Å²) in [6, 6.07) is 18.3. The Morgan fingerprint density at radius 1 is 0.833 bits per heavy atom. The smallest absolute Gasteiger partial charge is 0.264 e. The molecule has 3 aromatic carbocycles. The van der Waals surface area contributed by atoms with E-state index in [1.807, 2.05) is 6.07 Å². The van der Waals surface area contributed by atoms with Crippen LogP contribution in [0, 0.1) is 0 Å². The lowest BCUT2D eigenvalue weighted by atomic mass is 10.2. The highest BCUT2D eigenvalue weighted by molar-refractivity contribution is 7.92. The number of nitrogens with zero attached hydrogens (tertiary/aromatic N) is 1. The van der Waals surface area contributed by atoms with Crippen LogP contribution in [0.3, 0.4) is 0 Å². The van der Waals surface area contributed by atoms with Crippen molar-refractivity contribution in [2.45, 2.75) is 11.4 Å². The van der Waals surface area contributed by atoms with Gasteiger partial charge in [0.1, 0.15) is 5.75 Å². The number of halogens is 1. The van der Waals surface area contributed by atoms with Crippen LogP contribution in [0.2, 0.25) is 5.02 Å². The van der Waals surface area contributed by atoms with Gasteiger partial charge >= 0.3 is 0 Å². The highest BCUT2D eigenvalue weighted by Gasteiger charge is 2.26. The van der Waals surface area contributed by atoms with Crippen LogP contribution < -0.4 is 18.5 Å². The van der Waals surface area contributed by atoms with Crippen LogP contribution in [0.15, 0.2) is 71.6 Å². The normalized spacial score (nSPS) is 11.1. The number of hydrogen-bond donors (Lipinski definition) is 0. The molecular formula is C22H22ClNO5S. The molecule has 158 valence electrons. The van der Waals surface area contributed by atoms with Crippen LogP contribution in [-0.4, -0.2) is 29.7 Å². The average molecular weight is 448 g/mol. The molecule has 3 aromatic rings. The molecule has 0 heterocycles. The van der Waals surface area contributed by atoms with Gasteiger partial charge in [-0.15, -0.1) is 0 Å². The van der Waals surface area contributed by atoms with Crippen molar-refractivity contribution in [1.29, 1.82) is 0 Å². The van der Waals surface area contributed by atoms with E-state index in [-0.39, 0.29) is 11.4 Å². The van der Waals surface area contributed by atoms with Gasteiger partial charge in [-0.3, -0.25) is 4.31 Å². The molecule has 0 fully saturated rings. The lowest BCUT2D eigenvalue weighted by Gasteiger charge is -2.25. The third-order valence-corrected chi connectivity index (χ3v) is 6.54. The molecular weight excluding hydrogens is 426 g/mol. The summed E-state index contributed by atoms with van der Waals surface area (Å²) in [5.74, 6) is 1.50. The van der Waals surface area contributed by atoms with Crippen LogP contribution in [0.5, 0.6) is 17.2 Å². The molecule has 0 amide bonds. The first-order valence-corrected chi connectivity index (χ1v) is 10.8. The first kappa shape index (κ1) is 21.8. The van der Waals surface area contributed by atoms with E-state index in [0.717, 1.165) is 5.56 Å². The van der Waals surface area contributed by atoms with E-state index >= 15 is 0 Å². The zero-order chi connectivity index (χ0) is 21.7. The summed E-state index contributed by atoms with van der Waals surface area (Å²) in [6.45, 7) is 0.0877. The fourth-order valence-electron chi connectivity index (χ4n) is 2.97. The van der Waals surface area contributed by atoms with E-state index < -0.39 is 10.0 Å². The Hall–Kier alpha value is -2.90. The molecule has 0 unspecified atom stereocenters. The lowest BCUT2D eigenvalue weighted by Crippen LogP contribution is -2.30. The second kappa shape index (κ2) is 9.28. The fourth-order valence-corrected chi connectivity index (χ4v) is 4.63. The van der Waals surface area contributed by atoms with Crippen LogP contribution in [0.4, 0.5) is 5.69 Å². The number of benzene rings is 3. The molecule has 0 aliphatic rings. The molecule has 6 nitrogen and oxygen atoms in total. The van der Waals surface area contributed by atoms with Gasteiger partial charge in [-0.05, 0) is 54.1 Å². The summed E-state index contributed by atoms with van der Waals surface area (Å²) < 4.78 is 44.2. The Balaban J connectivity index is 2.11. The summed E-state index contributed by atoms with van der Waals surface area (Å²) in [7, 11) is 0.654. The van der Waals surface area contributed by atoms with Crippen molar-refractivity contribution in [1.82, 2.24) is 0 Å². The molecule has 0 bridgehead atoms. The van der Waals surface area contributed by atoms with Gasteiger partial charge in [0, 0.05) is 11.1 Å². The van der Waals surface area contributed by atoms with Gasteiger partial charge in [0.25, 0.3) is 10.0 Å². The second-order valence-corrected chi connectivity index (χ2v) is 8.66. The standard InChI is InChI=1S/C22H22ClNO5S/c1-27-19-8-10-20(11-9-19)30(25,26)24(15-16-5-4-6-17(23)13-16)18-7-12-21(28-2)22(14-18)29-3/h4-14H,15H2,1-3H3. The van der Waals surface area contributed by atoms with Crippen LogP contribution in [0.25, 0.3) is 0 Å². The zero-order valence-electron chi connectivity index (χ0n) is 16.8. The highest BCUT2D eigenvalue weighted by atomic mass is 35.5. The lowest BCUT2D eigenvalue weighted by molar-refractivity contribution is 0.355. The van der Waals surface area contributed by atoms with Crippen molar-refractivity contribution in [2.75, 3.05) is 25.6 Å². The third-order valence-electron chi connectivity index (χ3n) is 4.52. The first-order chi connectivity index (χ1) is 14.4. The number of hydrogen-bond acceptors (Lipinski definition) is 5. The van der Waals surface area contributed by atoms with Crippen LogP contribution >= 0.6 is 11.6 Å². The molecule has 0 N–H and O–H groups in total. The molecule has 0 aliphatic heterocycles. The third kappa shape index (κ3) is 4.63. The molecule has 0 spiro atoms. The number of sulfonamides is 1. The van der Waals surface area contributed by atoms with Crippen molar-refractivity contribution in [3.05, 3.63) is 77.3 Å². The molecule has 0 saturated carbocycles. The topological polar surface area (TPSA) is 65.1 Å². The van der Waals surface area contributed by atoms with E-state index in [2.05, 4.69) is 0 Å². The molecule has 0 radical (unpaired) electrons. The van der Waals surface area contributed by atoms with E-state index in [1.54, 1.807) is 48.5 Å². The average Bonchev–Trinajstić information content (AvgIpc) is 2.77. The Morgan fingerprint density at radius 2 is 1.53 bits per heavy atom. The maximum atomic E-state index is 13.6. The van der Waals surface area contributed by atoms with E-state index in [0.29, 0.717) is 28.0 Å². The van der Waals surface area contributed by atoms with Gasteiger partial charge < -0.3 is 14.2 Å². The molecule has 8 heteroatoms. The quantitative estimate of drug-likeness (QED) is 0.498. The van der Waals surface area contributed by atoms with Gasteiger partial charge in [0.05, 0.1) is 38.5 Å². The molecule has 0 saturated heterocycles. The summed E-state index contributed by atoms with van der Waals surface area (Å²) in [4.78, 5) is 0.139. The maximum absolute atomic E-state index is 13.6. The van der Waals surface area contributed by atoms with Crippen LogP contribution in [0.1, 0.15) is 5.56 Å². The Bertz CT molecular complexity index is 1120. The monoisotopic (exact) mass is 447 g/mol.